The highest BCUT2D eigenvalue weighted by atomic mass is 35.5. The van der Waals surface area contributed by atoms with Crippen LogP contribution < -0.4 is 21.3 Å². The number of benzene rings is 5. The zero-order valence-electron chi connectivity index (χ0n) is 34.1. The quantitative estimate of drug-likeness (QED) is 0.0430. The first-order valence-electron chi connectivity index (χ1n) is 19.0. The minimum Gasteiger partial charge on any atom is -0.322 e. The highest BCUT2D eigenvalue weighted by Gasteiger charge is 2.27. The lowest BCUT2D eigenvalue weighted by Gasteiger charge is -2.15. The van der Waals surface area contributed by atoms with Crippen molar-refractivity contribution in [2.24, 2.45) is 20.5 Å². The molecule has 0 radical (unpaired) electrons. The van der Waals surface area contributed by atoms with E-state index in [1.165, 1.54) is 48.5 Å². The Kier molecular flexibility index (Phi) is 17.1. The summed E-state index contributed by atoms with van der Waals surface area (Å²) in [5.74, 6) is -4.30. The molecule has 0 bridgehead atoms. The minimum absolute atomic E-state index is 0.00370. The highest BCUT2D eigenvalue weighted by Crippen LogP contribution is 2.35. The van der Waals surface area contributed by atoms with E-state index in [4.69, 9.17) is 69.6 Å². The van der Waals surface area contributed by atoms with Crippen molar-refractivity contribution in [3.8, 4) is 0 Å². The van der Waals surface area contributed by atoms with Gasteiger partial charge in [0, 0.05) is 22.5 Å². The van der Waals surface area contributed by atoms with E-state index in [0.29, 0.717) is 22.5 Å². The van der Waals surface area contributed by atoms with E-state index in [0.717, 1.165) is 13.8 Å². The molecule has 0 aliphatic carbocycles. The van der Waals surface area contributed by atoms with Gasteiger partial charge in [0.1, 0.15) is 11.4 Å². The van der Waals surface area contributed by atoms with Gasteiger partial charge in [0.2, 0.25) is 12.1 Å². The van der Waals surface area contributed by atoms with Crippen molar-refractivity contribution >= 4 is 139 Å². The van der Waals surface area contributed by atoms with Crippen molar-refractivity contribution in [1.82, 2.24) is 0 Å². The second kappa shape index (κ2) is 22.2. The first kappa shape index (κ1) is 49.3. The summed E-state index contributed by atoms with van der Waals surface area (Å²) >= 11 is 38.1. The summed E-state index contributed by atoms with van der Waals surface area (Å²) in [6.45, 7) is 5.77. The van der Waals surface area contributed by atoms with Crippen LogP contribution >= 0.6 is 69.6 Å². The van der Waals surface area contributed by atoms with Gasteiger partial charge in [-0.15, -0.1) is 23.2 Å². The molecular formula is C44H36Cl6N8O6. The maximum Gasteiger partial charge on any atom is 0.258 e. The number of hydrogen-bond acceptors (Lipinski definition) is 10. The topological polar surface area (TPSA) is 200 Å². The third kappa shape index (κ3) is 12.7. The molecule has 0 saturated carbocycles. The fraction of sp³-hybridized carbons (Fsp3) is 0.182. The number of rotatable bonds is 16. The average molecular weight is 986 g/mol. The molecular weight excluding hydrogens is 949 g/mol. The Morgan fingerprint density at radius 3 is 1.17 bits per heavy atom. The lowest BCUT2D eigenvalue weighted by Crippen LogP contribution is -2.32. The van der Waals surface area contributed by atoms with Crippen molar-refractivity contribution in [3.63, 3.8) is 0 Å². The molecule has 5 aromatic carbocycles. The number of hydrogen-bond donors (Lipinski definition) is 4. The Balaban J connectivity index is 1.27. The Hall–Kier alpha value is -5.74. The molecule has 64 heavy (non-hydrogen) atoms. The van der Waals surface area contributed by atoms with Crippen molar-refractivity contribution in [2.45, 2.75) is 50.5 Å². The normalized spacial score (nSPS) is 13.2. The number of ketones is 2. The number of alkyl halides is 2. The van der Waals surface area contributed by atoms with Crippen molar-refractivity contribution in [3.05, 3.63) is 139 Å². The summed E-state index contributed by atoms with van der Waals surface area (Å²) in [6.07, 6.45) is 0. The molecule has 20 heteroatoms. The predicted octanol–water partition coefficient (Wildman–Crippen LogP) is 12.8. The van der Waals surface area contributed by atoms with Crippen LogP contribution in [0.1, 0.15) is 70.3 Å². The summed E-state index contributed by atoms with van der Waals surface area (Å²) < 4.78 is 0. The molecule has 0 aliphatic rings. The average Bonchev–Trinajstić information content (AvgIpc) is 3.23. The number of azo groups is 2. The number of amides is 4. The van der Waals surface area contributed by atoms with Gasteiger partial charge in [0.05, 0.1) is 42.2 Å². The van der Waals surface area contributed by atoms with Gasteiger partial charge in [0.15, 0.2) is 11.6 Å². The van der Waals surface area contributed by atoms with E-state index in [1.807, 2.05) is 0 Å². The molecule has 14 nitrogen and oxygen atoms in total. The largest absolute Gasteiger partial charge is 0.322 e. The van der Waals surface area contributed by atoms with E-state index in [9.17, 15) is 28.8 Å². The number of nitrogens with one attached hydrogen (secondary N) is 4. The lowest BCUT2D eigenvalue weighted by molar-refractivity contribution is -0.127. The summed E-state index contributed by atoms with van der Waals surface area (Å²) in [6, 6.07) is 21.5. The standard InChI is InChI=1S/C44H36Cl6N8O6/c1-21(45)27-9-5-7-11-33(27)51-41(61)25-13-15-29(47)37(17-25)55-57-39(23(3)59)43(63)53-35-19-32(50)36(20-31(35)49)54-44(64)40(24(4)60)58-56-38-18-26(14-16-30(38)48)42(62)52-34-12-8-6-10-28(34)22(2)46/h5-22,39-40H,1-4H3,(H,51,61)(H,52,62)(H,53,63)(H,54,64). The molecule has 4 N–H and O–H groups in total. The van der Waals surface area contributed by atoms with Gasteiger partial charge in [-0.05, 0) is 99.5 Å². The lowest BCUT2D eigenvalue weighted by atomic mass is 10.1. The molecule has 0 aromatic heterocycles. The monoisotopic (exact) mass is 982 g/mol. The zero-order valence-corrected chi connectivity index (χ0v) is 38.6. The molecule has 0 saturated heterocycles. The third-order valence-electron chi connectivity index (χ3n) is 9.09. The maximum absolute atomic E-state index is 13.3. The molecule has 4 amide bonds. The van der Waals surface area contributed by atoms with Gasteiger partial charge in [-0.25, -0.2) is 0 Å². The number of nitrogens with zero attached hydrogens (tertiary/aromatic N) is 4. The molecule has 4 atom stereocenters. The van der Waals surface area contributed by atoms with Crippen LogP contribution in [0.5, 0.6) is 0 Å². The Bertz CT molecular complexity index is 2530. The van der Waals surface area contributed by atoms with Gasteiger partial charge >= 0.3 is 0 Å². The smallest absolute Gasteiger partial charge is 0.258 e. The molecule has 0 aliphatic heterocycles. The Labute approximate surface area is 397 Å². The van der Waals surface area contributed by atoms with Crippen LogP contribution in [0.2, 0.25) is 20.1 Å². The Morgan fingerprint density at radius 2 is 0.828 bits per heavy atom. The summed E-state index contributed by atoms with van der Waals surface area (Å²) in [5.41, 5.74) is 2.59. The summed E-state index contributed by atoms with van der Waals surface area (Å²) in [5, 5.41) is 25.5. The molecule has 5 aromatic rings. The first-order valence-corrected chi connectivity index (χ1v) is 21.3. The van der Waals surface area contributed by atoms with Gasteiger partial charge in [-0.3, -0.25) is 28.8 Å². The first-order chi connectivity index (χ1) is 30.3. The molecule has 5 rings (SSSR count). The second-order valence-electron chi connectivity index (χ2n) is 13.9. The van der Waals surface area contributed by atoms with E-state index in [1.54, 1.807) is 62.4 Å². The predicted molar refractivity (Wildman–Crippen MR) is 252 cm³/mol. The second-order valence-corrected chi connectivity index (χ2v) is 16.8. The van der Waals surface area contributed by atoms with Gasteiger partial charge in [0.25, 0.3) is 23.6 Å². The van der Waals surface area contributed by atoms with Crippen molar-refractivity contribution in [2.75, 3.05) is 21.3 Å². The van der Waals surface area contributed by atoms with Crippen LogP contribution in [0, 0.1) is 0 Å². The van der Waals surface area contributed by atoms with Gasteiger partial charge in [-0.2, -0.15) is 20.5 Å². The fourth-order valence-corrected chi connectivity index (χ4v) is 6.90. The van der Waals surface area contributed by atoms with Crippen LogP contribution in [-0.4, -0.2) is 47.3 Å². The van der Waals surface area contributed by atoms with E-state index >= 15 is 0 Å². The minimum atomic E-state index is -1.69. The van der Waals surface area contributed by atoms with Gasteiger partial charge in [-0.1, -0.05) is 82.8 Å². The summed E-state index contributed by atoms with van der Waals surface area (Å²) in [4.78, 5) is 78.1. The highest BCUT2D eigenvalue weighted by molar-refractivity contribution is 6.38. The Morgan fingerprint density at radius 1 is 0.469 bits per heavy atom. The third-order valence-corrected chi connectivity index (χ3v) is 10.8. The van der Waals surface area contributed by atoms with E-state index in [2.05, 4.69) is 41.7 Å². The molecule has 0 spiro atoms. The van der Waals surface area contributed by atoms with E-state index in [-0.39, 0.29) is 64.7 Å². The van der Waals surface area contributed by atoms with Crippen LogP contribution in [0.25, 0.3) is 0 Å². The number of anilines is 4. The number of Topliss-reactive ketones (excluding diaryl/α,β-unsaturated/α-hetero) is 2. The molecule has 0 heterocycles. The fourth-order valence-electron chi connectivity index (χ4n) is 5.78. The number of carbonyl (C=O) groups is 6. The van der Waals surface area contributed by atoms with Crippen LogP contribution in [0.3, 0.4) is 0 Å². The van der Waals surface area contributed by atoms with Crippen LogP contribution in [0.15, 0.2) is 118 Å². The number of halogens is 6. The SMILES string of the molecule is CC(=O)C(N=Nc1cc(C(=O)Nc2ccccc2C(C)Cl)ccc1Cl)C(=O)Nc1cc(Cl)c(NC(=O)C(N=Nc2cc(C(=O)Nc3ccccc3C(C)Cl)ccc2Cl)C(C)=O)cc1Cl. The molecule has 0 fully saturated rings. The number of para-hydroxylation sites is 2. The van der Waals surface area contributed by atoms with Crippen LogP contribution in [0.4, 0.5) is 34.1 Å². The molecule has 4 unspecified atom stereocenters. The summed E-state index contributed by atoms with van der Waals surface area (Å²) in [7, 11) is 0. The van der Waals surface area contributed by atoms with Crippen molar-refractivity contribution < 1.29 is 28.8 Å². The zero-order chi connectivity index (χ0) is 46.8. The number of carbonyl (C=O) groups excluding carboxylic acids is 6. The van der Waals surface area contributed by atoms with Crippen molar-refractivity contribution in [1.29, 1.82) is 0 Å². The maximum atomic E-state index is 13.3. The van der Waals surface area contributed by atoms with Gasteiger partial charge < -0.3 is 21.3 Å². The van der Waals surface area contributed by atoms with E-state index < -0.39 is 47.3 Å². The molecule has 330 valence electrons. The van der Waals surface area contributed by atoms with Crippen LogP contribution in [-0.2, 0) is 19.2 Å².